The highest BCUT2D eigenvalue weighted by Crippen LogP contribution is 2.30. The van der Waals surface area contributed by atoms with Crippen molar-refractivity contribution in [1.29, 1.82) is 0 Å². The van der Waals surface area contributed by atoms with Gasteiger partial charge in [-0.15, -0.1) is 13.2 Å². The van der Waals surface area contributed by atoms with E-state index in [9.17, 15) is 13.2 Å². The summed E-state index contributed by atoms with van der Waals surface area (Å²) in [4.78, 5) is 8.87. The number of alkyl halides is 3. The van der Waals surface area contributed by atoms with Crippen molar-refractivity contribution in [1.82, 2.24) is 9.97 Å². The summed E-state index contributed by atoms with van der Waals surface area (Å²) in [6.07, 6.45) is -4.76. The predicted molar refractivity (Wildman–Crippen MR) is 117 cm³/mol. The second-order valence-corrected chi connectivity index (χ2v) is 8.02. The lowest BCUT2D eigenvalue weighted by atomic mass is 9.87. The first-order valence-corrected chi connectivity index (χ1v) is 9.90. The molecule has 2 N–H and O–H groups in total. The smallest absolute Gasteiger partial charge is 0.406 e. The minimum atomic E-state index is -4.76. The molecule has 0 saturated carbocycles. The van der Waals surface area contributed by atoms with Crippen LogP contribution in [0.4, 0.5) is 30.6 Å². The Labute approximate surface area is 179 Å². The highest BCUT2D eigenvalue weighted by Gasteiger charge is 2.31. The van der Waals surface area contributed by atoms with Gasteiger partial charge in [0, 0.05) is 23.9 Å². The number of nitrogens with one attached hydrogen (secondary N) is 2. The molecule has 8 heteroatoms. The van der Waals surface area contributed by atoms with Crippen LogP contribution in [-0.4, -0.2) is 22.9 Å². The van der Waals surface area contributed by atoms with E-state index < -0.39 is 6.36 Å². The van der Waals surface area contributed by atoms with Crippen molar-refractivity contribution in [3.8, 4) is 17.0 Å². The number of ether oxygens (including phenoxy) is 1. The fraction of sp³-hybridized carbons (Fsp3) is 0.304. The summed E-state index contributed by atoms with van der Waals surface area (Å²) < 4.78 is 41.8. The molecule has 5 nitrogen and oxygen atoms in total. The maximum Gasteiger partial charge on any atom is 0.573 e. The van der Waals surface area contributed by atoms with Crippen molar-refractivity contribution >= 4 is 17.5 Å². The quantitative estimate of drug-likeness (QED) is 0.467. The minimum absolute atomic E-state index is 0.0440. The summed E-state index contributed by atoms with van der Waals surface area (Å²) in [7, 11) is 0. The molecular weight excluding hydrogens is 405 g/mol. The lowest BCUT2D eigenvalue weighted by Crippen LogP contribution is -2.17. The lowest BCUT2D eigenvalue weighted by molar-refractivity contribution is -0.274. The van der Waals surface area contributed by atoms with Crippen molar-refractivity contribution in [2.24, 2.45) is 0 Å². The van der Waals surface area contributed by atoms with E-state index in [0.717, 1.165) is 5.69 Å². The number of hydrogen-bond acceptors (Lipinski definition) is 5. The molecule has 0 aliphatic rings. The van der Waals surface area contributed by atoms with Gasteiger partial charge in [0.05, 0.1) is 5.69 Å². The van der Waals surface area contributed by atoms with E-state index in [0.29, 0.717) is 29.6 Å². The van der Waals surface area contributed by atoms with Crippen LogP contribution in [0, 0.1) is 0 Å². The van der Waals surface area contributed by atoms with Gasteiger partial charge >= 0.3 is 6.36 Å². The van der Waals surface area contributed by atoms with Crippen molar-refractivity contribution < 1.29 is 17.9 Å². The van der Waals surface area contributed by atoms with Crippen LogP contribution in [0.5, 0.6) is 5.75 Å². The number of anilines is 3. The molecule has 3 aromatic rings. The zero-order valence-corrected chi connectivity index (χ0v) is 17.8. The molecule has 0 atom stereocenters. The van der Waals surface area contributed by atoms with Gasteiger partial charge < -0.3 is 15.4 Å². The van der Waals surface area contributed by atoms with Crippen LogP contribution >= 0.6 is 0 Å². The maximum absolute atomic E-state index is 12.6. The van der Waals surface area contributed by atoms with Crippen LogP contribution in [0.1, 0.15) is 33.3 Å². The largest absolute Gasteiger partial charge is 0.573 e. The van der Waals surface area contributed by atoms with Gasteiger partial charge in [-0.05, 0) is 42.2 Å². The van der Waals surface area contributed by atoms with E-state index in [-0.39, 0.29) is 11.2 Å². The van der Waals surface area contributed by atoms with Crippen LogP contribution in [0.2, 0.25) is 0 Å². The Morgan fingerprint density at radius 2 is 1.65 bits per heavy atom. The normalized spacial score (nSPS) is 11.8. The Morgan fingerprint density at radius 3 is 2.26 bits per heavy atom. The Kier molecular flexibility index (Phi) is 6.38. The van der Waals surface area contributed by atoms with Crippen LogP contribution in [0.25, 0.3) is 11.3 Å². The molecule has 0 saturated heterocycles. The van der Waals surface area contributed by atoms with Crippen LogP contribution in [-0.2, 0) is 5.41 Å². The first-order chi connectivity index (χ1) is 14.5. The Morgan fingerprint density at radius 1 is 0.935 bits per heavy atom. The van der Waals surface area contributed by atoms with E-state index in [2.05, 4.69) is 46.1 Å². The fourth-order valence-corrected chi connectivity index (χ4v) is 2.95. The number of rotatable bonds is 6. The number of nitrogens with zero attached hydrogens (tertiary/aromatic N) is 2. The van der Waals surface area contributed by atoms with Crippen molar-refractivity contribution in [2.75, 3.05) is 17.2 Å². The third-order valence-electron chi connectivity index (χ3n) is 4.45. The summed E-state index contributed by atoms with van der Waals surface area (Å²) >= 11 is 0. The second kappa shape index (κ2) is 8.83. The summed E-state index contributed by atoms with van der Waals surface area (Å²) in [6.45, 7) is 8.94. The first kappa shape index (κ1) is 22.4. The summed E-state index contributed by atoms with van der Waals surface area (Å²) in [6, 6.07) is 15.4. The average molecular weight is 430 g/mol. The average Bonchev–Trinajstić information content (AvgIpc) is 2.67. The molecule has 0 amide bonds. The number of hydrogen-bond donors (Lipinski definition) is 2. The molecule has 0 spiro atoms. The molecule has 0 bridgehead atoms. The van der Waals surface area contributed by atoms with Gasteiger partial charge in [-0.2, -0.15) is 4.98 Å². The molecule has 31 heavy (non-hydrogen) atoms. The monoisotopic (exact) mass is 430 g/mol. The van der Waals surface area contributed by atoms with Gasteiger partial charge in [-0.1, -0.05) is 45.0 Å². The molecule has 0 fully saturated rings. The zero-order chi connectivity index (χ0) is 22.6. The van der Waals surface area contributed by atoms with Gasteiger partial charge in [0.1, 0.15) is 11.6 Å². The van der Waals surface area contributed by atoms with Gasteiger partial charge in [0.15, 0.2) is 0 Å². The molecule has 0 aliphatic heterocycles. The molecule has 0 unspecified atom stereocenters. The van der Waals surface area contributed by atoms with Crippen LogP contribution in [0.15, 0.2) is 54.6 Å². The summed E-state index contributed by atoms with van der Waals surface area (Å²) in [5.41, 5.74) is 3.04. The Balaban J connectivity index is 1.92. The molecule has 3 rings (SSSR count). The molecule has 1 aromatic heterocycles. The minimum Gasteiger partial charge on any atom is -0.406 e. The standard InChI is InChI=1S/C23H25F3N4O/c1-5-27-21-29-19(15-7-6-8-18(13-15)31-23(24,25)26)14-20(30-21)28-17-11-9-16(10-12-17)22(2,3)4/h6-14H,5H2,1-4H3,(H2,27,28,29,30). The van der Waals surface area contributed by atoms with Gasteiger partial charge in [0.25, 0.3) is 0 Å². The van der Waals surface area contributed by atoms with E-state index in [1.807, 2.05) is 31.2 Å². The van der Waals surface area contributed by atoms with E-state index >= 15 is 0 Å². The van der Waals surface area contributed by atoms with Gasteiger partial charge in [-0.25, -0.2) is 4.98 Å². The first-order valence-electron chi connectivity index (χ1n) is 9.90. The number of benzene rings is 2. The van der Waals surface area contributed by atoms with Gasteiger partial charge in [0.2, 0.25) is 5.95 Å². The summed E-state index contributed by atoms with van der Waals surface area (Å²) in [5.74, 6) is 0.587. The second-order valence-electron chi connectivity index (χ2n) is 8.02. The molecular formula is C23H25F3N4O. The SMILES string of the molecule is CCNc1nc(Nc2ccc(C(C)(C)C)cc2)cc(-c2cccc(OC(F)(F)F)c2)n1. The van der Waals surface area contributed by atoms with E-state index in [1.54, 1.807) is 12.1 Å². The van der Waals surface area contributed by atoms with Crippen molar-refractivity contribution in [3.63, 3.8) is 0 Å². The van der Waals surface area contributed by atoms with Crippen LogP contribution in [0.3, 0.4) is 0 Å². The number of halogens is 3. The molecule has 0 radical (unpaired) electrons. The third-order valence-corrected chi connectivity index (χ3v) is 4.45. The summed E-state index contributed by atoms with van der Waals surface area (Å²) in [5, 5.41) is 6.29. The predicted octanol–water partition coefficient (Wildman–Crippen LogP) is 6.52. The third kappa shape index (κ3) is 6.34. The lowest BCUT2D eigenvalue weighted by Gasteiger charge is -2.19. The van der Waals surface area contributed by atoms with Gasteiger partial charge in [-0.3, -0.25) is 0 Å². The highest BCUT2D eigenvalue weighted by molar-refractivity contribution is 5.68. The maximum atomic E-state index is 12.6. The fourth-order valence-electron chi connectivity index (χ4n) is 2.95. The topological polar surface area (TPSA) is 59.1 Å². The Hall–Kier alpha value is -3.29. The highest BCUT2D eigenvalue weighted by atomic mass is 19.4. The van der Waals surface area contributed by atoms with Crippen molar-refractivity contribution in [3.05, 3.63) is 60.2 Å². The Bertz CT molecular complexity index is 1030. The number of aromatic nitrogens is 2. The van der Waals surface area contributed by atoms with E-state index in [4.69, 9.17) is 0 Å². The molecule has 2 aromatic carbocycles. The van der Waals surface area contributed by atoms with Crippen LogP contribution < -0.4 is 15.4 Å². The molecule has 164 valence electrons. The van der Waals surface area contributed by atoms with Crippen molar-refractivity contribution in [2.45, 2.75) is 39.5 Å². The zero-order valence-electron chi connectivity index (χ0n) is 17.8. The van der Waals surface area contributed by atoms with E-state index in [1.165, 1.54) is 23.8 Å². The molecule has 0 aliphatic carbocycles. The molecule has 1 heterocycles.